The lowest BCUT2D eigenvalue weighted by atomic mass is 9.53. The van der Waals surface area contributed by atoms with Gasteiger partial charge in [-0.2, -0.15) is 0 Å². The van der Waals surface area contributed by atoms with Crippen LogP contribution in [0.15, 0.2) is 12.8 Å². The van der Waals surface area contributed by atoms with Crippen molar-refractivity contribution in [2.75, 3.05) is 0 Å². The van der Waals surface area contributed by atoms with Gasteiger partial charge < -0.3 is 11.5 Å². The molecule has 0 aromatic heterocycles. The third-order valence-corrected chi connectivity index (χ3v) is 4.45. The minimum atomic E-state index is 0. The van der Waals surface area contributed by atoms with Crippen LogP contribution in [0.3, 0.4) is 0 Å². The minimum absolute atomic E-state index is 0. The summed E-state index contributed by atoms with van der Waals surface area (Å²) in [5, 5.41) is 3.55. The molecule has 0 atom stereocenters. The fraction of sp³-hybridized carbons (Fsp3) is 0.833. The van der Waals surface area contributed by atoms with E-state index in [-0.39, 0.29) is 6.15 Å². The first-order chi connectivity index (χ1) is 6.30. The largest absolute Gasteiger partial charge is 0.386 e. The Hall–Kier alpha value is -0.500. The van der Waals surface area contributed by atoms with Crippen molar-refractivity contribution in [2.45, 2.75) is 44.1 Å². The predicted octanol–water partition coefficient (Wildman–Crippen LogP) is 2.85. The maximum atomic E-state index is 3.83. The molecule has 0 amide bonds. The van der Waals surface area contributed by atoms with Crippen LogP contribution in [-0.2, 0) is 0 Å². The Balaban J connectivity index is 0.000000750. The Morgan fingerprint density at radius 2 is 1.43 bits per heavy atom. The van der Waals surface area contributed by atoms with Crippen molar-refractivity contribution in [2.24, 2.45) is 17.8 Å². The summed E-state index contributed by atoms with van der Waals surface area (Å²) in [6, 6.07) is 0. The van der Waals surface area contributed by atoms with Gasteiger partial charge in [0, 0.05) is 5.54 Å². The van der Waals surface area contributed by atoms with Crippen LogP contribution in [0.1, 0.15) is 38.5 Å². The molecule has 4 saturated carbocycles. The Morgan fingerprint density at radius 3 is 1.79 bits per heavy atom. The second kappa shape index (κ2) is 3.27. The third kappa shape index (κ3) is 1.36. The van der Waals surface area contributed by atoms with Gasteiger partial charge in [-0.1, -0.05) is 6.58 Å². The third-order valence-electron chi connectivity index (χ3n) is 4.45. The van der Waals surface area contributed by atoms with Crippen LogP contribution in [0.2, 0.25) is 0 Å². The molecule has 0 aliphatic heterocycles. The Morgan fingerprint density at radius 1 is 1.00 bits per heavy atom. The number of hydrogen-bond donors (Lipinski definition) is 2. The standard InChI is InChI=1S/C12H19N.H3N/c1-2-13-12-6-9-3-10(7-12)5-11(4-9)8-12;/h2,9-11,13H,1,3-8H2;1H3. The van der Waals surface area contributed by atoms with E-state index in [1.54, 1.807) is 0 Å². The van der Waals surface area contributed by atoms with Crippen LogP contribution in [0.25, 0.3) is 0 Å². The maximum absolute atomic E-state index is 3.83. The predicted molar refractivity (Wildman–Crippen MR) is 59.3 cm³/mol. The molecule has 0 aromatic carbocycles. The van der Waals surface area contributed by atoms with Crippen molar-refractivity contribution >= 4 is 0 Å². The first-order valence-electron chi connectivity index (χ1n) is 5.68. The monoisotopic (exact) mass is 194 g/mol. The van der Waals surface area contributed by atoms with Crippen molar-refractivity contribution in [1.29, 1.82) is 0 Å². The summed E-state index contributed by atoms with van der Waals surface area (Å²) in [6.07, 6.45) is 10.8. The van der Waals surface area contributed by atoms with Crippen LogP contribution in [0.5, 0.6) is 0 Å². The summed E-state index contributed by atoms with van der Waals surface area (Å²) < 4.78 is 0. The molecule has 4 fully saturated rings. The van der Waals surface area contributed by atoms with E-state index < -0.39 is 0 Å². The zero-order valence-electron chi connectivity index (χ0n) is 8.97. The first kappa shape index (κ1) is 10.0. The molecule has 4 bridgehead atoms. The van der Waals surface area contributed by atoms with Crippen LogP contribution in [-0.4, -0.2) is 5.54 Å². The fourth-order valence-corrected chi connectivity index (χ4v) is 4.50. The molecule has 80 valence electrons. The molecule has 0 aromatic rings. The van der Waals surface area contributed by atoms with Gasteiger partial charge >= 0.3 is 0 Å². The fourth-order valence-electron chi connectivity index (χ4n) is 4.50. The van der Waals surface area contributed by atoms with E-state index in [1.165, 1.54) is 38.5 Å². The van der Waals surface area contributed by atoms with E-state index in [9.17, 15) is 0 Å². The van der Waals surface area contributed by atoms with Gasteiger partial charge in [-0.3, -0.25) is 0 Å². The lowest BCUT2D eigenvalue weighted by Crippen LogP contribution is -2.56. The van der Waals surface area contributed by atoms with E-state index in [1.807, 2.05) is 6.20 Å². The van der Waals surface area contributed by atoms with Crippen molar-refractivity contribution in [3.05, 3.63) is 12.8 Å². The molecule has 2 heteroatoms. The lowest BCUT2D eigenvalue weighted by Gasteiger charge is -2.56. The summed E-state index contributed by atoms with van der Waals surface area (Å²) in [5.74, 6) is 3.12. The van der Waals surface area contributed by atoms with Gasteiger partial charge in [-0.15, -0.1) is 0 Å². The molecule has 0 unspecified atom stereocenters. The van der Waals surface area contributed by atoms with Crippen LogP contribution in [0.4, 0.5) is 0 Å². The van der Waals surface area contributed by atoms with Gasteiger partial charge in [0.1, 0.15) is 0 Å². The normalized spacial score (nSPS) is 48.4. The molecule has 2 nitrogen and oxygen atoms in total. The average molecular weight is 194 g/mol. The second-order valence-electron chi connectivity index (χ2n) is 5.55. The van der Waals surface area contributed by atoms with Gasteiger partial charge in [0.25, 0.3) is 0 Å². The SMILES string of the molecule is C=CNC12CC3CC(CC(C3)C1)C2.N. The quantitative estimate of drug-likeness (QED) is 0.710. The molecule has 4 rings (SSSR count). The summed E-state index contributed by atoms with van der Waals surface area (Å²) in [4.78, 5) is 0. The highest BCUT2D eigenvalue weighted by molar-refractivity contribution is 5.07. The number of hydrogen-bond acceptors (Lipinski definition) is 2. The van der Waals surface area contributed by atoms with Crippen molar-refractivity contribution in [1.82, 2.24) is 11.5 Å². The van der Waals surface area contributed by atoms with Gasteiger partial charge in [0.15, 0.2) is 0 Å². The highest BCUT2D eigenvalue weighted by Crippen LogP contribution is 2.55. The molecule has 0 heterocycles. The van der Waals surface area contributed by atoms with Crippen molar-refractivity contribution < 1.29 is 0 Å². The molecule has 0 radical (unpaired) electrons. The molecular weight excluding hydrogens is 172 g/mol. The second-order valence-corrected chi connectivity index (χ2v) is 5.55. The maximum Gasteiger partial charge on any atom is 0.0376 e. The summed E-state index contributed by atoms with van der Waals surface area (Å²) in [5.41, 5.74) is 0.483. The Labute approximate surface area is 86.7 Å². The number of rotatable bonds is 2. The Bertz CT molecular complexity index is 199. The zero-order valence-corrected chi connectivity index (χ0v) is 8.97. The van der Waals surface area contributed by atoms with Gasteiger partial charge in [0.2, 0.25) is 0 Å². The van der Waals surface area contributed by atoms with Gasteiger partial charge in [-0.05, 0) is 62.5 Å². The minimum Gasteiger partial charge on any atom is -0.386 e. The lowest BCUT2D eigenvalue weighted by molar-refractivity contribution is -0.0129. The van der Waals surface area contributed by atoms with E-state index in [0.717, 1.165) is 17.8 Å². The van der Waals surface area contributed by atoms with E-state index >= 15 is 0 Å². The molecule has 4 N–H and O–H groups in total. The average Bonchev–Trinajstić information content (AvgIpc) is 2.00. The Kier molecular flexibility index (Phi) is 2.34. The highest BCUT2D eigenvalue weighted by atomic mass is 15.0. The topological polar surface area (TPSA) is 47.0 Å². The van der Waals surface area contributed by atoms with Crippen molar-refractivity contribution in [3.63, 3.8) is 0 Å². The summed E-state index contributed by atoms with van der Waals surface area (Å²) >= 11 is 0. The summed E-state index contributed by atoms with van der Waals surface area (Å²) in [7, 11) is 0. The first-order valence-corrected chi connectivity index (χ1v) is 5.68. The smallest absolute Gasteiger partial charge is 0.0376 e. The van der Waals surface area contributed by atoms with E-state index in [0.29, 0.717) is 5.54 Å². The molecular formula is C12H22N2. The molecule has 4 aliphatic rings. The van der Waals surface area contributed by atoms with E-state index in [4.69, 9.17) is 0 Å². The molecule has 4 aliphatic carbocycles. The summed E-state index contributed by atoms with van der Waals surface area (Å²) in [6.45, 7) is 3.83. The van der Waals surface area contributed by atoms with Gasteiger partial charge in [0.05, 0.1) is 0 Å². The highest BCUT2D eigenvalue weighted by Gasteiger charge is 2.50. The van der Waals surface area contributed by atoms with Crippen LogP contribution >= 0.6 is 0 Å². The van der Waals surface area contributed by atoms with Crippen LogP contribution < -0.4 is 11.5 Å². The molecule has 0 saturated heterocycles. The van der Waals surface area contributed by atoms with Crippen molar-refractivity contribution in [3.8, 4) is 0 Å². The molecule has 14 heavy (non-hydrogen) atoms. The van der Waals surface area contributed by atoms with E-state index in [2.05, 4.69) is 11.9 Å². The zero-order chi connectivity index (χ0) is 8.89. The van der Waals surface area contributed by atoms with Gasteiger partial charge in [-0.25, -0.2) is 0 Å². The van der Waals surface area contributed by atoms with Crippen LogP contribution in [0, 0.1) is 17.8 Å². The molecule has 0 spiro atoms. The number of nitrogens with one attached hydrogen (secondary N) is 1.